The van der Waals surface area contributed by atoms with E-state index in [4.69, 9.17) is 0 Å². The minimum Gasteiger partial charge on any atom is -0.301 e. The van der Waals surface area contributed by atoms with Crippen molar-refractivity contribution in [2.45, 2.75) is 30.3 Å². The van der Waals surface area contributed by atoms with Gasteiger partial charge in [0.1, 0.15) is 0 Å². The number of carbonyl (C=O) groups excluding carboxylic acids is 1. The van der Waals surface area contributed by atoms with E-state index in [0.717, 1.165) is 15.8 Å². The fourth-order valence-electron chi connectivity index (χ4n) is 2.82. The molecule has 0 saturated heterocycles. The van der Waals surface area contributed by atoms with Gasteiger partial charge in [0.2, 0.25) is 5.91 Å². The standard InChI is InChI=1S/C20H19N5O2S2/c1-13(17(26)22-18-21-15-9-5-6-10-16(15)29-18)28-20-24-23-19(27)25(20)12-11-14-7-3-2-4-8-14/h2-10,13H,11-12H2,1H3,(H,23,27)(H,21,22,26). The summed E-state index contributed by atoms with van der Waals surface area (Å²) >= 11 is 2.68. The average Bonchev–Trinajstić information content (AvgIpc) is 3.29. The molecule has 0 aliphatic carbocycles. The number of hydrogen-bond acceptors (Lipinski definition) is 6. The van der Waals surface area contributed by atoms with Crippen molar-refractivity contribution < 1.29 is 4.79 Å². The topological polar surface area (TPSA) is 92.7 Å². The smallest absolute Gasteiger partial charge is 0.301 e. The number of thiazole rings is 1. The van der Waals surface area contributed by atoms with E-state index in [2.05, 4.69) is 20.5 Å². The predicted octanol–water partition coefficient (Wildman–Crippen LogP) is 3.54. The summed E-state index contributed by atoms with van der Waals surface area (Å²) in [4.78, 5) is 29.2. The van der Waals surface area contributed by atoms with Gasteiger partial charge < -0.3 is 5.32 Å². The highest BCUT2D eigenvalue weighted by Crippen LogP contribution is 2.27. The number of hydrogen-bond donors (Lipinski definition) is 2. The molecule has 7 nitrogen and oxygen atoms in total. The van der Waals surface area contributed by atoms with Crippen LogP contribution >= 0.6 is 23.1 Å². The number of para-hydroxylation sites is 1. The van der Waals surface area contributed by atoms with Crippen molar-refractivity contribution in [3.05, 3.63) is 70.6 Å². The van der Waals surface area contributed by atoms with Gasteiger partial charge in [-0.1, -0.05) is 65.6 Å². The maximum atomic E-state index is 12.6. The Hall–Kier alpha value is -2.91. The van der Waals surface area contributed by atoms with Crippen molar-refractivity contribution in [3.8, 4) is 0 Å². The molecule has 29 heavy (non-hydrogen) atoms. The van der Waals surface area contributed by atoms with E-state index in [1.165, 1.54) is 23.1 Å². The van der Waals surface area contributed by atoms with Crippen molar-refractivity contribution in [3.63, 3.8) is 0 Å². The summed E-state index contributed by atoms with van der Waals surface area (Å²) in [5.74, 6) is -0.181. The molecule has 0 aliphatic heterocycles. The van der Waals surface area contributed by atoms with Gasteiger partial charge in [-0.15, -0.1) is 5.10 Å². The molecule has 0 spiro atoms. The van der Waals surface area contributed by atoms with Crippen LogP contribution in [0.1, 0.15) is 12.5 Å². The summed E-state index contributed by atoms with van der Waals surface area (Å²) in [5, 5.41) is 10.0. The Morgan fingerprint density at radius 3 is 2.76 bits per heavy atom. The predicted molar refractivity (Wildman–Crippen MR) is 117 cm³/mol. The molecule has 2 aromatic carbocycles. The van der Waals surface area contributed by atoms with Gasteiger partial charge in [-0.2, -0.15) is 0 Å². The Labute approximate surface area is 175 Å². The molecular weight excluding hydrogens is 406 g/mol. The minimum absolute atomic E-state index is 0.181. The summed E-state index contributed by atoms with van der Waals surface area (Å²) in [6.45, 7) is 2.28. The van der Waals surface area contributed by atoms with Crippen molar-refractivity contribution in [1.82, 2.24) is 19.7 Å². The molecule has 148 valence electrons. The van der Waals surface area contributed by atoms with Crippen LogP contribution < -0.4 is 11.0 Å². The van der Waals surface area contributed by atoms with Crippen molar-refractivity contribution >= 4 is 44.4 Å². The third-order valence-electron chi connectivity index (χ3n) is 4.37. The van der Waals surface area contributed by atoms with Crippen LogP contribution in [0.3, 0.4) is 0 Å². The van der Waals surface area contributed by atoms with Crippen LogP contribution in [0.25, 0.3) is 10.2 Å². The molecule has 1 atom stereocenters. The third-order valence-corrected chi connectivity index (χ3v) is 6.41. The van der Waals surface area contributed by atoms with E-state index >= 15 is 0 Å². The first-order valence-electron chi connectivity index (χ1n) is 9.12. The zero-order chi connectivity index (χ0) is 20.2. The summed E-state index contributed by atoms with van der Waals surface area (Å²) < 4.78 is 2.59. The number of rotatable bonds is 7. The van der Waals surface area contributed by atoms with Gasteiger partial charge in [0.05, 0.1) is 15.5 Å². The van der Waals surface area contributed by atoms with E-state index in [-0.39, 0.29) is 11.6 Å². The van der Waals surface area contributed by atoms with Crippen LogP contribution in [0.5, 0.6) is 0 Å². The molecule has 0 bridgehead atoms. The van der Waals surface area contributed by atoms with Crippen molar-refractivity contribution in [2.75, 3.05) is 5.32 Å². The molecule has 1 amide bonds. The second-order valence-electron chi connectivity index (χ2n) is 6.43. The number of benzene rings is 2. The van der Waals surface area contributed by atoms with Gasteiger partial charge in [-0.05, 0) is 31.0 Å². The van der Waals surface area contributed by atoms with E-state index in [1.54, 1.807) is 11.5 Å². The second kappa shape index (κ2) is 8.62. The van der Waals surface area contributed by atoms with Crippen molar-refractivity contribution in [1.29, 1.82) is 0 Å². The molecule has 4 rings (SSSR count). The Balaban J connectivity index is 1.41. The first-order valence-corrected chi connectivity index (χ1v) is 10.8. The fourth-order valence-corrected chi connectivity index (χ4v) is 4.57. The number of amides is 1. The normalized spacial score (nSPS) is 12.2. The highest BCUT2D eigenvalue weighted by molar-refractivity contribution is 8.00. The van der Waals surface area contributed by atoms with Gasteiger partial charge in [0, 0.05) is 6.54 Å². The monoisotopic (exact) mass is 425 g/mol. The molecule has 0 fully saturated rings. The Morgan fingerprint density at radius 1 is 1.21 bits per heavy atom. The van der Waals surface area contributed by atoms with E-state index in [1.807, 2.05) is 54.6 Å². The third kappa shape index (κ3) is 4.57. The highest BCUT2D eigenvalue weighted by atomic mass is 32.2. The zero-order valence-electron chi connectivity index (χ0n) is 15.7. The largest absolute Gasteiger partial charge is 0.343 e. The maximum Gasteiger partial charge on any atom is 0.343 e. The number of nitrogens with one attached hydrogen (secondary N) is 2. The quantitative estimate of drug-likeness (QED) is 0.442. The maximum absolute atomic E-state index is 12.6. The number of aromatic amines is 1. The summed E-state index contributed by atoms with van der Waals surface area (Å²) in [6.07, 6.45) is 0.708. The number of nitrogens with zero attached hydrogens (tertiary/aromatic N) is 3. The molecular formula is C20H19N5O2S2. The van der Waals surface area contributed by atoms with Gasteiger partial charge >= 0.3 is 5.69 Å². The highest BCUT2D eigenvalue weighted by Gasteiger charge is 2.20. The van der Waals surface area contributed by atoms with Gasteiger partial charge in [-0.3, -0.25) is 9.36 Å². The molecule has 2 aromatic heterocycles. The van der Waals surface area contributed by atoms with Crippen LogP contribution in [-0.2, 0) is 17.8 Å². The van der Waals surface area contributed by atoms with Gasteiger partial charge in [0.25, 0.3) is 0 Å². The summed E-state index contributed by atoms with van der Waals surface area (Å²) in [6, 6.07) is 17.7. The van der Waals surface area contributed by atoms with E-state index in [0.29, 0.717) is 23.3 Å². The van der Waals surface area contributed by atoms with Gasteiger partial charge in [-0.25, -0.2) is 14.9 Å². The van der Waals surface area contributed by atoms with Crippen LogP contribution in [0, 0.1) is 0 Å². The molecule has 9 heteroatoms. The number of aryl methyl sites for hydroxylation is 1. The molecule has 2 heterocycles. The fraction of sp³-hybridized carbons (Fsp3) is 0.200. The van der Waals surface area contributed by atoms with Crippen LogP contribution in [0.4, 0.5) is 5.13 Å². The number of H-pyrrole nitrogens is 1. The minimum atomic E-state index is -0.437. The van der Waals surface area contributed by atoms with Crippen LogP contribution in [-0.4, -0.2) is 30.9 Å². The summed E-state index contributed by atoms with van der Waals surface area (Å²) in [7, 11) is 0. The number of carbonyl (C=O) groups is 1. The molecule has 4 aromatic rings. The lowest BCUT2D eigenvalue weighted by Crippen LogP contribution is -2.24. The molecule has 0 saturated carbocycles. The number of thioether (sulfide) groups is 1. The molecule has 1 unspecified atom stereocenters. The number of fused-ring (bicyclic) bond motifs is 1. The lowest BCUT2D eigenvalue weighted by atomic mass is 10.1. The van der Waals surface area contributed by atoms with Gasteiger partial charge in [0.15, 0.2) is 10.3 Å². The lowest BCUT2D eigenvalue weighted by Gasteiger charge is -2.11. The SMILES string of the molecule is CC(Sc1n[nH]c(=O)n1CCc1ccccc1)C(=O)Nc1nc2ccccc2s1. The number of aromatic nitrogens is 4. The second-order valence-corrected chi connectivity index (χ2v) is 8.77. The summed E-state index contributed by atoms with van der Waals surface area (Å²) in [5.41, 5.74) is 1.72. The zero-order valence-corrected chi connectivity index (χ0v) is 17.3. The number of anilines is 1. The first kappa shape index (κ1) is 19.4. The van der Waals surface area contributed by atoms with E-state index < -0.39 is 5.25 Å². The lowest BCUT2D eigenvalue weighted by molar-refractivity contribution is -0.115. The Morgan fingerprint density at radius 2 is 1.97 bits per heavy atom. The first-order chi connectivity index (χ1) is 14.1. The Kier molecular flexibility index (Phi) is 5.77. The van der Waals surface area contributed by atoms with Crippen LogP contribution in [0.15, 0.2) is 64.5 Å². The molecule has 0 aliphatic rings. The molecule has 2 N–H and O–H groups in total. The van der Waals surface area contributed by atoms with E-state index in [9.17, 15) is 9.59 Å². The van der Waals surface area contributed by atoms with Crippen molar-refractivity contribution in [2.24, 2.45) is 0 Å². The van der Waals surface area contributed by atoms with Crippen LogP contribution in [0.2, 0.25) is 0 Å². The molecule has 0 radical (unpaired) electrons. The Bertz CT molecular complexity index is 1150. The average molecular weight is 426 g/mol.